The predicted octanol–water partition coefficient (Wildman–Crippen LogP) is 3.39. The Bertz CT molecular complexity index is 387. The SMILES string of the molecule is CN(C)c1c(Cl)cccc1NC1CCCOCC1. The minimum atomic E-state index is 0.477. The Kier molecular flexibility index (Phi) is 4.72. The molecule has 100 valence electrons. The summed E-state index contributed by atoms with van der Waals surface area (Å²) >= 11 is 6.27. The van der Waals surface area contributed by atoms with Gasteiger partial charge in [-0.3, -0.25) is 0 Å². The molecule has 1 aliphatic heterocycles. The van der Waals surface area contributed by atoms with Crippen molar-refractivity contribution in [3.8, 4) is 0 Å². The molecule has 1 aliphatic rings. The summed E-state index contributed by atoms with van der Waals surface area (Å²) in [6, 6.07) is 6.49. The maximum atomic E-state index is 6.27. The zero-order chi connectivity index (χ0) is 13.0. The van der Waals surface area contributed by atoms with Gasteiger partial charge in [-0.15, -0.1) is 0 Å². The number of halogens is 1. The third kappa shape index (κ3) is 3.30. The maximum Gasteiger partial charge on any atom is 0.0786 e. The van der Waals surface area contributed by atoms with Gasteiger partial charge in [0.25, 0.3) is 0 Å². The molecule has 1 unspecified atom stereocenters. The van der Waals surface area contributed by atoms with E-state index in [1.165, 1.54) is 0 Å². The molecular weight excluding hydrogens is 248 g/mol. The number of nitrogens with one attached hydrogen (secondary N) is 1. The largest absolute Gasteiger partial charge is 0.381 e. The van der Waals surface area contributed by atoms with Crippen LogP contribution in [0.3, 0.4) is 0 Å². The Labute approximate surface area is 114 Å². The van der Waals surface area contributed by atoms with Crippen molar-refractivity contribution >= 4 is 23.0 Å². The zero-order valence-electron chi connectivity index (χ0n) is 11.1. The molecule has 2 rings (SSSR count). The molecule has 0 aliphatic carbocycles. The van der Waals surface area contributed by atoms with Crippen LogP contribution in [0.15, 0.2) is 18.2 Å². The number of hydrogen-bond acceptors (Lipinski definition) is 3. The molecule has 0 radical (unpaired) electrons. The smallest absolute Gasteiger partial charge is 0.0786 e. The van der Waals surface area contributed by atoms with Gasteiger partial charge in [-0.05, 0) is 31.4 Å². The fraction of sp³-hybridized carbons (Fsp3) is 0.571. The van der Waals surface area contributed by atoms with Crippen molar-refractivity contribution in [3.63, 3.8) is 0 Å². The van der Waals surface area contributed by atoms with E-state index in [0.717, 1.165) is 48.9 Å². The molecule has 4 heteroatoms. The number of ether oxygens (including phenoxy) is 1. The predicted molar refractivity (Wildman–Crippen MR) is 77.9 cm³/mol. The topological polar surface area (TPSA) is 24.5 Å². The first kappa shape index (κ1) is 13.5. The second-order valence-electron chi connectivity index (χ2n) is 4.91. The summed E-state index contributed by atoms with van der Waals surface area (Å²) < 4.78 is 5.49. The first-order chi connectivity index (χ1) is 8.68. The average molecular weight is 269 g/mol. The van der Waals surface area contributed by atoms with Gasteiger partial charge in [-0.1, -0.05) is 17.7 Å². The number of rotatable bonds is 3. The summed E-state index contributed by atoms with van der Waals surface area (Å²) in [7, 11) is 4.03. The highest BCUT2D eigenvalue weighted by atomic mass is 35.5. The van der Waals surface area contributed by atoms with Crippen LogP contribution in [-0.2, 0) is 4.74 Å². The van der Waals surface area contributed by atoms with Crippen molar-refractivity contribution in [2.75, 3.05) is 37.5 Å². The first-order valence-corrected chi connectivity index (χ1v) is 6.86. The van der Waals surface area contributed by atoms with E-state index < -0.39 is 0 Å². The van der Waals surface area contributed by atoms with E-state index >= 15 is 0 Å². The van der Waals surface area contributed by atoms with Crippen LogP contribution in [0, 0.1) is 0 Å². The Hall–Kier alpha value is -0.930. The molecule has 1 saturated heterocycles. The zero-order valence-corrected chi connectivity index (χ0v) is 11.8. The quantitative estimate of drug-likeness (QED) is 0.910. The summed E-state index contributed by atoms with van der Waals surface area (Å²) in [4.78, 5) is 2.05. The van der Waals surface area contributed by atoms with Crippen LogP contribution < -0.4 is 10.2 Å². The lowest BCUT2D eigenvalue weighted by Crippen LogP contribution is -2.22. The molecule has 0 aromatic heterocycles. The highest BCUT2D eigenvalue weighted by Crippen LogP contribution is 2.33. The molecule has 1 fully saturated rings. The van der Waals surface area contributed by atoms with Gasteiger partial charge in [0.15, 0.2) is 0 Å². The van der Waals surface area contributed by atoms with E-state index in [0.29, 0.717) is 6.04 Å². The van der Waals surface area contributed by atoms with Gasteiger partial charge in [-0.2, -0.15) is 0 Å². The Morgan fingerprint density at radius 2 is 2.11 bits per heavy atom. The summed E-state index contributed by atoms with van der Waals surface area (Å²) in [5.41, 5.74) is 2.17. The summed E-state index contributed by atoms with van der Waals surface area (Å²) in [5.74, 6) is 0. The Morgan fingerprint density at radius 3 is 2.89 bits per heavy atom. The monoisotopic (exact) mass is 268 g/mol. The third-order valence-electron chi connectivity index (χ3n) is 3.25. The third-order valence-corrected chi connectivity index (χ3v) is 3.55. The van der Waals surface area contributed by atoms with Crippen LogP contribution in [0.1, 0.15) is 19.3 Å². The highest BCUT2D eigenvalue weighted by Gasteiger charge is 2.15. The molecule has 18 heavy (non-hydrogen) atoms. The molecule has 1 aromatic rings. The minimum absolute atomic E-state index is 0.477. The number of benzene rings is 1. The van der Waals surface area contributed by atoms with Crippen LogP contribution in [0.4, 0.5) is 11.4 Å². The van der Waals surface area contributed by atoms with Gasteiger partial charge in [0.2, 0.25) is 0 Å². The lowest BCUT2D eigenvalue weighted by Gasteiger charge is -2.24. The van der Waals surface area contributed by atoms with E-state index in [-0.39, 0.29) is 0 Å². The van der Waals surface area contributed by atoms with Gasteiger partial charge in [0.05, 0.1) is 16.4 Å². The van der Waals surface area contributed by atoms with Crippen molar-refractivity contribution in [1.82, 2.24) is 0 Å². The fourth-order valence-electron chi connectivity index (χ4n) is 2.35. The summed E-state index contributed by atoms with van der Waals surface area (Å²) in [6.45, 7) is 1.73. The molecule has 1 heterocycles. The van der Waals surface area contributed by atoms with Gasteiger partial charge in [-0.25, -0.2) is 0 Å². The van der Waals surface area contributed by atoms with Gasteiger partial charge in [0.1, 0.15) is 0 Å². The molecule has 0 amide bonds. The highest BCUT2D eigenvalue weighted by molar-refractivity contribution is 6.34. The maximum absolute atomic E-state index is 6.27. The van der Waals surface area contributed by atoms with Crippen molar-refractivity contribution in [1.29, 1.82) is 0 Å². The van der Waals surface area contributed by atoms with Gasteiger partial charge < -0.3 is 15.0 Å². The minimum Gasteiger partial charge on any atom is -0.381 e. The molecule has 0 saturated carbocycles. The van der Waals surface area contributed by atoms with Gasteiger partial charge in [0, 0.05) is 33.4 Å². The summed E-state index contributed by atoms with van der Waals surface area (Å²) in [6.07, 6.45) is 3.33. The lowest BCUT2D eigenvalue weighted by atomic mass is 10.1. The van der Waals surface area contributed by atoms with E-state index in [2.05, 4.69) is 16.3 Å². The molecule has 1 atom stereocenters. The standard InChI is InChI=1S/C14H21ClN2O/c1-17(2)14-12(15)6-3-7-13(14)16-11-5-4-9-18-10-8-11/h3,6-7,11,16H,4-5,8-10H2,1-2H3. The lowest BCUT2D eigenvalue weighted by molar-refractivity contribution is 0.144. The molecular formula is C14H21ClN2O. The van der Waals surface area contributed by atoms with Crippen LogP contribution in [-0.4, -0.2) is 33.4 Å². The first-order valence-electron chi connectivity index (χ1n) is 6.48. The molecule has 0 spiro atoms. The van der Waals surface area contributed by atoms with Crippen LogP contribution in [0.5, 0.6) is 0 Å². The van der Waals surface area contributed by atoms with E-state index in [1.54, 1.807) is 0 Å². The number of hydrogen-bond donors (Lipinski definition) is 1. The number of anilines is 2. The van der Waals surface area contributed by atoms with Crippen molar-refractivity contribution in [3.05, 3.63) is 23.2 Å². The molecule has 1 N–H and O–H groups in total. The Balaban J connectivity index is 2.14. The molecule has 3 nitrogen and oxygen atoms in total. The second-order valence-corrected chi connectivity index (χ2v) is 5.32. The number of para-hydroxylation sites is 1. The van der Waals surface area contributed by atoms with Crippen LogP contribution in [0.25, 0.3) is 0 Å². The molecule has 1 aromatic carbocycles. The van der Waals surface area contributed by atoms with E-state index in [1.807, 2.05) is 26.2 Å². The van der Waals surface area contributed by atoms with Crippen molar-refractivity contribution in [2.45, 2.75) is 25.3 Å². The van der Waals surface area contributed by atoms with Crippen LogP contribution in [0.2, 0.25) is 5.02 Å². The summed E-state index contributed by atoms with van der Waals surface area (Å²) in [5, 5.41) is 4.39. The second kappa shape index (κ2) is 6.30. The molecule has 0 bridgehead atoms. The van der Waals surface area contributed by atoms with E-state index in [4.69, 9.17) is 16.3 Å². The van der Waals surface area contributed by atoms with E-state index in [9.17, 15) is 0 Å². The normalized spacial score (nSPS) is 20.3. The van der Waals surface area contributed by atoms with Crippen molar-refractivity contribution in [2.24, 2.45) is 0 Å². The van der Waals surface area contributed by atoms with Crippen molar-refractivity contribution < 1.29 is 4.74 Å². The average Bonchev–Trinajstić information content (AvgIpc) is 2.57. The fourth-order valence-corrected chi connectivity index (χ4v) is 2.70. The van der Waals surface area contributed by atoms with Gasteiger partial charge >= 0.3 is 0 Å². The Morgan fingerprint density at radius 1 is 1.28 bits per heavy atom. The van der Waals surface area contributed by atoms with Crippen LogP contribution >= 0.6 is 11.6 Å². The number of nitrogens with zero attached hydrogens (tertiary/aromatic N) is 1.